The molecule has 1 heterocycles. The monoisotopic (exact) mass is 290 g/mol. The molecule has 0 bridgehead atoms. The molecule has 1 unspecified atom stereocenters. The van der Waals surface area contributed by atoms with Gasteiger partial charge in [-0.25, -0.2) is 4.98 Å². The lowest BCUT2D eigenvalue weighted by molar-refractivity contribution is 0.0933. The zero-order valence-electron chi connectivity index (χ0n) is 11.4. The smallest absolute Gasteiger partial charge is 0.263 e. The normalized spacial score (nSPS) is 12.1. The minimum atomic E-state index is -0.180. The second-order valence-electron chi connectivity index (χ2n) is 4.43. The van der Waals surface area contributed by atoms with Gasteiger partial charge >= 0.3 is 0 Å². The zero-order chi connectivity index (χ0) is 14.4. The van der Waals surface area contributed by atoms with Crippen molar-refractivity contribution in [2.45, 2.75) is 25.8 Å². The quantitative estimate of drug-likeness (QED) is 0.859. The number of aliphatic hydroxyl groups is 1. The maximum absolute atomic E-state index is 12.3. The van der Waals surface area contributed by atoms with Crippen LogP contribution in [0.1, 0.15) is 40.3 Å². The number of rotatable bonds is 6. The van der Waals surface area contributed by atoms with Crippen molar-refractivity contribution in [1.29, 1.82) is 0 Å². The number of hydrogen-bond acceptors (Lipinski definition) is 4. The minimum absolute atomic E-state index is 0.0309. The summed E-state index contributed by atoms with van der Waals surface area (Å²) in [5.74, 6) is -0.119. The summed E-state index contributed by atoms with van der Waals surface area (Å²) in [6.07, 6.45) is 1.23. The Morgan fingerprint density at radius 3 is 2.80 bits per heavy atom. The molecule has 0 aliphatic heterocycles. The van der Waals surface area contributed by atoms with E-state index in [2.05, 4.69) is 10.3 Å². The molecule has 106 valence electrons. The summed E-state index contributed by atoms with van der Waals surface area (Å²) in [6.45, 7) is 2.01. The predicted molar refractivity (Wildman–Crippen MR) is 79.8 cm³/mol. The third-order valence-electron chi connectivity index (χ3n) is 3.11. The number of hydrogen-bond donors (Lipinski definition) is 2. The fourth-order valence-corrected chi connectivity index (χ4v) is 2.85. The van der Waals surface area contributed by atoms with Crippen LogP contribution in [-0.2, 0) is 6.42 Å². The van der Waals surface area contributed by atoms with Crippen LogP contribution in [0.25, 0.3) is 0 Å². The Kier molecular flexibility index (Phi) is 5.26. The minimum Gasteiger partial charge on any atom is -0.396 e. The average molecular weight is 290 g/mol. The van der Waals surface area contributed by atoms with Crippen LogP contribution in [0.4, 0.5) is 0 Å². The number of nitrogens with zero attached hydrogens (tertiary/aromatic N) is 1. The highest BCUT2D eigenvalue weighted by atomic mass is 32.1. The number of carbonyl (C=O) groups excluding carboxylic acids is 1. The standard InChI is InChI=1S/C15H18N2O2S/c1-2-12-14(20-10-16-12)15(19)17-13(8-9-18)11-6-4-3-5-7-11/h3-7,10,13,18H,2,8-9H2,1H3,(H,17,19). The first-order chi connectivity index (χ1) is 9.76. The molecule has 0 aliphatic rings. The SMILES string of the molecule is CCc1ncsc1C(=O)NC(CCO)c1ccccc1. The maximum Gasteiger partial charge on any atom is 0.263 e. The highest BCUT2D eigenvalue weighted by Gasteiger charge is 2.18. The largest absolute Gasteiger partial charge is 0.396 e. The fraction of sp³-hybridized carbons (Fsp3) is 0.333. The van der Waals surface area contributed by atoms with E-state index in [1.54, 1.807) is 5.51 Å². The summed E-state index contributed by atoms with van der Waals surface area (Å²) in [4.78, 5) is 17.2. The third kappa shape index (κ3) is 3.43. The van der Waals surface area contributed by atoms with Crippen molar-refractivity contribution in [2.24, 2.45) is 0 Å². The summed E-state index contributed by atoms with van der Waals surface area (Å²) >= 11 is 1.35. The number of nitrogens with one attached hydrogen (secondary N) is 1. The van der Waals surface area contributed by atoms with E-state index >= 15 is 0 Å². The Morgan fingerprint density at radius 2 is 2.15 bits per heavy atom. The number of thiazole rings is 1. The lowest BCUT2D eigenvalue weighted by Crippen LogP contribution is -2.29. The summed E-state index contributed by atoms with van der Waals surface area (Å²) in [6, 6.07) is 9.51. The van der Waals surface area contributed by atoms with Crippen molar-refractivity contribution in [2.75, 3.05) is 6.61 Å². The molecule has 2 N–H and O–H groups in total. The predicted octanol–water partition coefficient (Wildman–Crippen LogP) is 2.56. The summed E-state index contributed by atoms with van der Waals surface area (Å²) in [5, 5.41) is 12.2. The van der Waals surface area contributed by atoms with Crippen LogP contribution in [0.15, 0.2) is 35.8 Å². The molecule has 0 saturated carbocycles. The van der Waals surface area contributed by atoms with Gasteiger partial charge in [0.1, 0.15) is 4.88 Å². The number of benzene rings is 1. The van der Waals surface area contributed by atoms with Crippen molar-refractivity contribution >= 4 is 17.2 Å². The molecular formula is C15H18N2O2S. The molecule has 0 fully saturated rings. The van der Waals surface area contributed by atoms with E-state index in [1.807, 2.05) is 37.3 Å². The Balaban J connectivity index is 2.14. The Labute approximate surface area is 122 Å². The summed E-state index contributed by atoms with van der Waals surface area (Å²) < 4.78 is 0. The van der Waals surface area contributed by atoms with Gasteiger partial charge in [-0.3, -0.25) is 4.79 Å². The number of aryl methyl sites for hydroxylation is 1. The van der Waals surface area contributed by atoms with E-state index in [9.17, 15) is 9.90 Å². The van der Waals surface area contributed by atoms with Crippen LogP contribution in [0.5, 0.6) is 0 Å². The molecule has 0 spiro atoms. The third-order valence-corrected chi connectivity index (χ3v) is 3.97. The maximum atomic E-state index is 12.3. The second-order valence-corrected chi connectivity index (χ2v) is 5.29. The molecule has 1 aromatic carbocycles. The van der Waals surface area contributed by atoms with Gasteiger partial charge in [-0.1, -0.05) is 37.3 Å². The lowest BCUT2D eigenvalue weighted by atomic mass is 10.0. The van der Waals surface area contributed by atoms with Crippen LogP contribution in [0, 0.1) is 0 Å². The topological polar surface area (TPSA) is 62.2 Å². The molecule has 0 aliphatic carbocycles. The number of carbonyl (C=O) groups is 1. The molecular weight excluding hydrogens is 272 g/mol. The average Bonchev–Trinajstić information content (AvgIpc) is 2.96. The van der Waals surface area contributed by atoms with Gasteiger partial charge in [0, 0.05) is 6.61 Å². The lowest BCUT2D eigenvalue weighted by Gasteiger charge is -2.18. The highest BCUT2D eigenvalue weighted by Crippen LogP contribution is 2.19. The fourth-order valence-electron chi connectivity index (χ4n) is 2.07. The van der Waals surface area contributed by atoms with E-state index in [4.69, 9.17) is 0 Å². The summed E-state index contributed by atoms with van der Waals surface area (Å²) in [5.41, 5.74) is 3.51. The van der Waals surface area contributed by atoms with Crippen molar-refractivity contribution in [3.05, 3.63) is 52.0 Å². The van der Waals surface area contributed by atoms with Crippen LogP contribution in [-0.4, -0.2) is 22.6 Å². The molecule has 5 heteroatoms. The van der Waals surface area contributed by atoms with Crippen molar-refractivity contribution in [3.63, 3.8) is 0 Å². The number of amides is 1. The zero-order valence-corrected chi connectivity index (χ0v) is 12.2. The summed E-state index contributed by atoms with van der Waals surface area (Å²) in [7, 11) is 0. The molecule has 0 radical (unpaired) electrons. The molecule has 4 nitrogen and oxygen atoms in total. The van der Waals surface area contributed by atoms with E-state index in [0.29, 0.717) is 11.3 Å². The van der Waals surface area contributed by atoms with Gasteiger partial charge in [0.25, 0.3) is 5.91 Å². The van der Waals surface area contributed by atoms with E-state index in [-0.39, 0.29) is 18.6 Å². The molecule has 20 heavy (non-hydrogen) atoms. The van der Waals surface area contributed by atoms with E-state index in [0.717, 1.165) is 17.7 Å². The van der Waals surface area contributed by atoms with Gasteiger partial charge in [-0.2, -0.15) is 0 Å². The molecule has 1 atom stereocenters. The highest BCUT2D eigenvalue weighted by molar-refractivity contribution is 7.11. The van der Waals surface area contributed by atoms with Crippen LogP contribution < -0.4 is 5.32 Å². The van der Waals surface area contributed by atoms with Crippen LogP contribution >= 0.6 is 11.3 Å². The molecule has 2 rings (SSSR count). The first-order valence-electron chi connectivity index (χ1n) is 6.65. The Morgan fingerprint density at radius 1 is 1.40 bits per heavy atom. The Hall–Kier alpha value is -1.72. The van der Waals surface area contributed by atoms with E-state index < -0.39 is 0 Å². The number of aromatic nitrogens is 1. The molecule has 2 aromatic rings. The van der Waals surface area contributed by atoms with Crippen molar-refractivity contribution in [3.8, 4) is 0 Å². The molecule has 1 amide bonds. The van der Waals surface area contributed by atoms with Crippen LogP contribution in [0.3, 0.4) is 0 Å². The van der Waals surface area contributed by atoms with Gasteiger partial charge < -0.3 is 10.4 Å². The molecule has 1 aromatic heterocycles. The van der Waals surface area contributed by atoms with Gasteiger partial charge in [0.15, 0.2) is 0 Å². The Bertz CT molecular complexity index is 554. The van der Waals surface area contributed by atoms with Crippen LogP contribution in [0.2, 0.25) is 0 Å². The van der Waals surface area contributed by atoms with Gasteiger partial charge in [-0.15, -0.1) is 11.3 Å². The number of aliphatic hydroxyl groups excluding tert-OH is 1. The van der Waals surface area contributed by atoms with Crippen molar-refractivity contribution in [1.82, 2.24) is 10.3 Å². The van der Waals surface area contributed by atoms with Gasteiger partial charge in [-0.05, 0) is 18.4 Å². The van der Waals surface area contributed by atoms with Gasteiger partial charge in [0.05, 0.1) is 17.2 Å². The van der Waals surface area contributed by atoms with Gasteiger partial charge in [0.2, 0.25) is 0 Å². The molecule has 0 saturated heterocycles. The first kappa shape index (κ1) is 14.7. The van der Waals surface area contributed by atoms with Crippen molar-refractivity contribution < 1.29 is 9.90 Å². The van der Waals surface area contributed by atoms with E-state index in [1.165, 1.54) is 11.3 Å². The first-order valence-corrected chi connectivity index (χ1v) is 7.53. The second kappa shape index (κ2) is 7.17.